The van der Waals surface area contributed by atoms with Gasteiger partial charge in [0.05, 0.1) is 12.2 Å². The van der Waals surface area contributed by atoms with Crippen molar-refractivity contribution in [3.05, 3.63) is 87.7 Å². The Labute approximate surface area is 131 Å². The molecule has 0 bridgehead atoms. The molecule has 0 spiro atoms. The van der Waals surface area contributed by atoms with E-state index in [1.54, 1.807) is 0 Å². The predicted molar refractivity (Wildman–Crippen MR) is 84.1 cm³/mol. The highest BCUT2D eigenvalue weighted by molar-refractivity contribution is 5.58. The Kier molecular flexibility index (Phi) is 4.02. The molecule has 116 valence electrons. The Hall–Kier alpha value is -2.82. The van der Waals surface area contributed by atoms with Crippen molar-refractivity contribution in [2.75, 3.05) is 0 Å². The van der Waals surface area contributed by atoms with Crippen LogP contribution in [-0.2, 0) is 6.54 Å². The molecule has 0 saturated heterocycles. The van der Waals surface area contributed by atoms with E-state index in [1.165, 1.54) is 28.9 Å². The smallest absolute Gasteiger partial charge is 0.267 e. The fraction of sp³-hybridized carbons (Fsp3) is 0.111. The zero-order valence-corrected chi connectivity index (χ0v) is 12.5. The molecule has 0 fully saturated rings. The maximum absolute atomic E-state index is 13.3. The van der Waals surface area contributed by atoms with Crippen LogP contribution in [0.25, 0.3) is 11.3 Å². The van der Waals surface area contributed by atoms with Crippen molar-refractivity contribution in [1.29, 1.82) is 0 Å². The van der Waals surface area contributed by atoms with Crippen molar-refractivity contribution in [3.8, 4) is 11.3 Å². The summed E-state index contributed by atoms with van der Waals surface area (Å²) >= 11 is 0. The molecular formula is C18H14F2N2O. The zero-order valence-electron chi connectivity index (χ0n) is 12.5. The Morgan fingerprint density at radius 3 is 2.43 bits per heavy atom. The average Bonchev–Trinajstić information content (AvgIpc) is 2.48. The lowest BCUT2D eigenvalue weighted by molar-refractivity contribution is 0.583. The molecule has 1 aromatic heterocycles. The second-order valence-corrected chi connectivity index (χ2v) is 5.36. The summed E-state index contributed by atoms with van der Waals surface area (Å²) in [5, 5.41) is 4.22. The Morgan fingerprint density at radius 2 is 1.74 bits per heavy atom. The van der Waals surface area contributed by atoms with Gasteiger partial charge in [-0.2, -0.15) is 5.10 Å². The third kappa shape index (κ3) is 3.51. The maximum Gasteiger partial charge on any atom is 0.267 e. The molecule has 1 heterocycles. The van der Waals surface area contributed by atoms with E-state index in [0.29, 0.717) is 17.8 Å². The molecule has 3 nitrogen and oxygen atoms in total. The van der Waals surface area contributed by atoms with E-state index in [0.717, 1.165) is 17.2 Å². The number of benzene rings is 2. The highest BCUT2D eigenvalue weighted by Gasteiger charge is 2.07. The highest BCUT2D eigenvalue weighted by Crippen LogP contribution is 2.18. The Bertz CT molecular complexity index is 899. The molecular weight excluding hydrogens is 298 g/mol. The van der Waals surface area contributed by atoms with Gasteiger partial charge in [0.15, 0.2) is 0 Å². The molecule has 3 aromatic rings. The third-order valence-corrected chi connectivity index (χ3v) is 3.44. The van der Waals surface area contributed by atoms with Crippen molar-refractivity contribution < 1.29 is 8.78 Å². The normalized spacial score (nSPS) is 10.7. The topological polar surface area (TPSA) is 34.9 Å². The molecule has 5 heteroatoms. The van der Waals surface area contributed by atoms with Gasteiger partial charge < -0.3 is 0 Å². The Balaban J connectivity index is 2.00. The lowest BCUT2D eigenvalue weighted by Gasteiger charge is -2.08. The molecule has 0 N–H and O–H groups in total. The largest absolute Gasteiger partial charge is 0.268 e. The van der Waals surface area contributed by atoms with E-state index < -0.39 is 11.6 Å². The van der Waals surface area contributed by atoms with Crippen LogP contribution in [0.1, 0.15) is 11.1 Å². The fourth-order valence-corrected chi connectivity index (χ4v) is 2.40. The SMILES string of the molecule is Cc1cccc(Cn2nc(-c3cc(F)cc(F)c3)ccc2=O)c1. The van der Waals surface area contributed by atoms with Crippen LogP contribution in [-0.4, -0.2) is 9.78 Å². The van der Waals surface area contributed by atoms with Gasteiger partial charge in [0.2, 0.25) is 0 Å². The first-order valence-corrected chi connectivity index (χ1v) is 7.11. The van der Waals surface area contributed by atoms with E-state index in [2.05, 4.69) is 5.10 Å². The van der Waals surface area contributed by atoms with Crippen LogP contribution in [0.5, 0.6) is 0 Å². The molecule has 23 heavy (non-hydrogen) atoms. The molecule has 0 aliphatic heterocycles. The molecule has 0 unspecified atom stereocenters. The van der Waals surface area contributed by atoms with Crippen LogP contribution in [0.4, 0.5) is 8.78 Å². The van der Waals surface area contributed by atoms with Gasteiger partial charge in [-0.05, 0) is 30.7 Å². The molecule has 0 radical (unpaired) electrons. The minimum atomic E-state index is -0.682. The van der Waals surface area contributed by atoms with Gasteiger partial charge in [-0.3, -0.25) is 4.79 Å². The number of halogens is 2. The first-order chi connectivity index (χ1) is 11.0. The third-order valence-electron chi connectivity index (χ3n) is 3.44. The quantitative estimate of drug-likeness (QED) is 0.741. The highest BCUT2D eigenvalue weighted by atomic mass is 19.1. The summed E-state index contributed by atoms with van der Waals surface area (Å²) in [4.78, 5) is 12.0. The van der Waals surface area contributed by atoms with E-state index in [4.69, 9.17) is 0 Å². The summed E-state index contributed by atoms with van der Waals surface area (Å²) in [6.07, 6.45) is 0. The number of hydrogen-bond acceptors (Lipinski definition) is 2. The van der Waals surface area contributed by atoms with Crippen LogP contribution < -0.4 is 5.56 Å². The summed E-state index contributed by atoms with van der Waals surface area (Å²) in [6.45, 7) is 2.26. The summed E-state index contributed by atoms with van der Waals surface area (Å²) in [5.41, 5.74) is 2.38. The first kappa shape index (κ1) is 15.1. The van der Waals surface area contributed by atoms with Crippen molar-refractivity contribution in [3.63, 3.8) is 0 Å². The Morgan fingerprint density at radius 1 is 1.00 bits per heavy atom. The van der Waals surface area contributed by atoms with E-state index in [1.807, 2.05) is 31.2 Å². The van der Waals surface area contributed by atoms with Crippen LogP contribution in [0, 0.1) is 18.6 Å². The fourth-order valence-electron chi connectivity index (χ4n) is 2.40. The van der Waals surface area contributed by atoms with Crippen LogP contribution in [0.2, 0.25) is 0 Å². The first-order valence-electron chi connectivity index (χ1n) is 7.11. The lowest BCUT2D eigenvalue weighted by atomic mass is 10.1. The van der Waals surface area contributed by atoms with E-state index in [9.17, 15) is 13.6 Å². The summed E-state index contributed by atoms with van der Waals surface area (Å²) in [6, 6.07) is 13.7. The number of hydrogen-bond donors (Lipinski definition) is 0. The number of aryl methyl sites for hydroxylation is 1. The molecule has 0 amide bonds. The standard InChI is InChI=1S/C18H14F2N2O/c1-12-3-2-4-13(7-12)11-22-18(23)6-5-17(21-22)14-8-15(19)10-16(20)9-14/h2-10H,11H2,1H3. The number of aromatic nitrogens is 2. The monoisotopic (exact) mass is 312 g/mol. The van der Waals surface area contributed by atoms with Crippen LogP contribution >= 0.6 is 0 Å². The van der Waals surface area contributed by atoms with Gasteiger partial charge in [0.25, 0.3) is 5.56 Å². The van der Waals surface area contributed by atoms with Crippen molar-refractivity contribution in [2.45, 2.75) is 13.5 Å². The average molecular weight is 312 g/mol. The predicted octanol–water partition coefficient (Wildman–Crippen LogP) is 3.55. The molecule has 0 aliphatic carbocycles. The van der Waals surface area contributed by atoms with Gasteiger partial charge in [-0.1, -0.05) is 29.8 Å². The van der Waals surface area contributed by atoms with Gasteiger partial charge in [0, 0.05) is 17.7 Å². The van der Waals surface area contributed by atoms with Crippen LogP contribution in [0.15, 0.2) is 59.4 Å². The van der Waals surface area contributed by atoms with Crippen LogP contribution in [0.3, 0.4) is 0 Å². The second kappa shape index (κ2) is 6.12. The minimum absolute atomic E-state index is 0.271. The molecule has 0 aliphatic rings. The molecule has 0 atom stereocenters. The van der Waals surface area contributed by atoms with Gasteiger partial charge in [-0.25, -0.2) is 13.5 Å². The number of nitrogens with zero attached hydrogens (tertiary/aromatic N) is 2. The van der Waals surface area contributed by atoms with Gasteiger partial charge in [-0.15, -0.1) is 0 Å². The van der Waals surface area contributed by atoms with Crippen molar-refractivity contribution in [1.82, 2.24) is 9.78 Å². The second-order valence-electron chi connectivity index (χ2n) is 5.36. The van der Waals surface area contributed by atoms with Crippen molar-refractivity contribution >= 4 is 0 Å². The maximum atomic E-state index is 13.3. The molecule has 0 saturated carbocycles. The van der Waals surface area contributed by atoms with Gasteiger partial charge >= 0.3 is 0 Å². The van der Waals surface area contributed by atoms with Gasteiger partial charge in [0.1, 0.15) is 11.6 Å². The van der Waals surface area contributed by atoms with Crippen molar-refractivity contribution in [2.24, 2.45) is 0 Å². The summed E-state index contributed by atoms with van der Waals surface area (Å²) in [5.74, 6) is -1.36. The molecule has 3 rings (SSSR count). The van der Waals surface area contributed by atoms with E-state index in [-0.39, 0.29) is 5.56 Å². The molecule has 2 aromatic carbocycles. The lowest BCUT2D eigenvalue weighted by Crippen LogP contribution is -2.22. The minimum Gasteiger partial charge on any atom is -0.268 e. The van der Waals surface area contributed by atoms with E-state index >= 15 is 0 Å². The summed E-state index contributed by atoms with van der Waals surface area (Å²) < 4.78 is 28.0. The summed E-state index contributed by atoms with van der Waals surface area (Å²) in [7, 11) is 0. The zero-order chi connectivity index (χ0) is 16.4. The number of rotatable bonds is 3.